The molecule has 0 spiro atoms. The van der Waals surface area contributed by atoms with Crippen LogP contribution >= 0.6 is 24.0 Å². The van der Waals surface area contributed by atoms with Gasteiger partial charge in [-0.2, -0.15) is 0 Å². The van der Waals surface area contributed by atoms with E-state index in [1.807, 2.05) is 42.8 Å². The average molecular weight is 398 g/mol. The maximum absolute atomic E-state index is 13.0. The quantitative estimate of drug-likeness (QED) is 0.840. The van der Waals surface area contributed by atoms with Gasteiger partial charge in [0.15, 0.2) is 5.69 Å². The number of aromatic nitrogens is 3. The summed E-state index contributed by atoms with van der Waals surface area (Å²) in [7, 11) is 0. The van der Waals surface area contributed by atoms with Crippen LogP contribution in [0.15, 0.2) is 24.3 Å². The number of nitrogens with zero attached hydrogens (tertiary/aromatic N) is 4. The minimum atomic E-state index is -0.0971. The highest BCUT2D eigenvalue weighted by Gasteiger charge is 2.25. The van der Waals surface area contributed by atoms with Gasteiger partial charge in [0.05, 0.1) is 11.7 Å². The van der Waals surface area contributed by atoms with Gasteiger partial charge in [-0.05, 0) is 51.4 Å². The third-order valence-electron chi connectivity index (χ3n) is 4.77. The van der Waals surface area contributed by atoms with Crippen molar-refractivity contribution in [2.75, 3.05) is 19.6 Å². The molecule has 1 fully saturated rings. The van der Waals surface area contributed by atoms with Crippen LogP contribution < -0.4 is 5.32 Å². The zero-order valence-electron chi connectivity index (χ0n) is 15.1. The van der Waals surface area contributed by atoms with Crippen molar-refractivity contribution < 1.29 is 4.79 Å². The van der Waals surface area contributed by atoms with Crippen molar-refractivity contribution in [3.8, 4) is 0 Å². The summed E-state index contributed by atoms with van der Waals surface area (Å²) < 4.78 is 1.91. The van der Waals surface area contributed by atoms with E-state index < -0.39 is 0 Å². The van der Waals surface area contributed by atoms with Gasteiger partial charge in [-0.25, -0.2) is 4.68 Å². The van der Waals surface area contributed by atoms with E-state index >= 15 is 0 Å². The van der Waals surface area contributed by atoms with Crippen molar-refractivity contribution in [1.29, 1.82) is 0 Å². The summed E-state index contributed by atoms with van der Waals surface area (Å²) in [6.45, 7) is 6.89. The molecular formula is C18H25Cl2N5O. The summed E-state index contributed by atoms with van der Waals surface area (Å²) in [5.41, 5.74) is 2.21. The molecule has 6 nitrogen and oxygen atoms in total. The largest absolute Gasteiger partial charge is 0.333 e. The van der Waals surface area contributed by atoms with Gasteiger partial charge in [-0.15, -0.1) is 17.5 Å². The highest BCUT2D eigenvalue weighted by molar-refractivity contribution is 6.31. The molecule has 0 unspecified atom stereocenters. The molecule has 2 aromatic rings. The van der Waals surface area contributed by atoms with Crippen molar-refractivity contribution in [2.45, 2.75) is 39.3 Å². The number of nitrogens with one attached hydrogen (secondary N) is 1. The lowest BCUT2D eigenvalue weighted by atomic mass is 10.1. The normalized spacial score (nSPS) is 14.7. The number of hydrogen-bond donors (Lipinski definition) is 1. The second kappa shape index (κ2) is 9.35. The van der Waals surface area contributed by atoms with Crippen LogP contribution in [0.25, 0.3) is 0 Å². The van der Waals surface area contributed by atoms with Gasteiger partial charge in [0.25, 0.3) is 5.91 Å². The Kier molecular flexibility index (Phi) is 7.43. The number of benzene rings is 1. The number of carbonyl (C=O) groups is 1. The summed E-state index contributed by atoms with van der Waals surface area (Å²) in [5.74, 6) is -0.0971. The third-order valence-corrected chi connectivity index (χ3v) is 5.14. The molecule has 0 aliphatic carbocycles. The molecule has 142 valence electrons. The van der Waals surface area contributed by atoms with E-state index in [1.165, 1.54) is 0 Å². The van der Waals surface area contributed by atoms with Gasteiger partial charge >= 0.3 is 0 Å². The van der Waals surface area contributed by atoms with Crippen molar-refractivity contribution >= 4 is 29.9 Å². The van der Waals surface area contributed by atoms with Crippen LogP contribution in [0.5, 0.6) is 0 Å². The first kappa shape index (κ1) is 20.7. The fraction of sp³-hybridized carbons (Fsp3) is 0.500. The van der Waals surface area contributed by atoms with E-state index in [-0.39, 0.29) is 18.3 Å². The standard InChI is InChI=1S/C18H24ClN5O.ClH/c1-3-23(12-14-6-4-5-7-16(14)19)18(25)17-13(2)24(22-21-17)15-8-10-20-11-9-15;/h4-7,15,20H,3,8-12H2,1-2H3;1H. The Morgan fingerprint density at radius 1 is 1.35 bits per heavy atom. The molecule has 1 amide bonds. The summed E-state index contributed by atoms with van der Waals surface area (Å²) in [4.78, 5) is 14.7. The Morgan fingerprint density at radius 3 is 2.69 bits per heavy atom. The SMILES string of the molecule is CCN(Cc1ccccc1Cl)C(=O)c1nnn(C2CCNCC2)c1C.Cl. The monoisotopic (exact) mass is 397 g/mol. The van der Waals surface area contributed by atoms with Crippen LogP contribution in [-0.2, 0) is 6.54 Å². The summed E-state index contributed by atoms with van der Waals surface area (Å²) in [6, 6.07) is 7.91. The average Bonchev–Trinajstić information content (AvgIpc) is 3.02. The number of amides is 1. The molecule has 8 heteroatoms. The number of hydrogen-bond acceptors (Lipinski definition) is 4. The second-order valence-corrected chi connectivity index (χ2v) is 6.77. The topological polar surface area (TPSA) is 63.1 Å². The highest BCUT2D eigenvalue weighted by Crippen LogP contribution is 2.22. The van der Waals surface area contributed by atoms with Crippen LogP contribution in [0.1, 0.15) is 47.6 Å². The molecule has 26 heavy (non-hydrogen) atoms. The summed E-state index contributed by atoms with van der Waals surface area (Å²) in [6.07, 6.45) is 2.02. The molecule has 1 aromatic carbocycles. The van der Waals surface area contributed by atoms with Crippen LogP contribution in [0, 0.1) is 6.92 Å². The van der Waals surface area contributed by atoms with Crippen LogP contribution in [0.3, 0.4) is 0 Å². The molecule has 2 heterocycles. The van der Waals surface area contributed by atoms with Gasteiger partial charge in [0, 0.05) is 18.1 Å². The molecule has 3 rings (SSSR count). The van der Waals surface area contributed by atoms with Gasteiger partial charge in [0.2, 0.25) is 0 Å². The molecule has 0 saturated carbocycles. The summed E-state index contributed by atoms with van der Waals surface area (Å²) >= 11 is 6.24. The molecule has 1 aliphatic rings. The number of rotatable bonds is 5. The van der Waals surface area contributed by atoms with Crippen LogP contribution in [0.2, 0.25) is 5.02 Å². The predicted octanol–water partition coefficient (Wildman–Crippen LogP) is 3.25. The molecule has 1 aliphatic heterocycles. The van der Waals surface area contributed by atoms with Gasteiger partial charge in [0.1, 0.15) is 0 Å². The highest BCUT2D eigenvalue weighted by atomic mass is 35.5. The van der Waals surface area contributed by atoms with Gasteiger partial charge in [-0.3, -0.25) is 4.79 Å². The lowest BCUT2D eigenvalue weighted by molar-refractivity contribution is 0.0745. The van der Waals surface area contributed by atoms with Crippen molar-refractivity contribution in [1.82, 2.24) is 25.2 Å². The smallest absolute Gasteiger partial charge is 0.276 e. The molecule has 1 N–H and O–H groups in total. The minimum absolute atomic E-state index is 0. The first-order chi connectivity index (χ1) is 12.1. The zero-order valence-corrected chi connectivity index (χ0v) is 16.7. The van der Waals surface area contributed by atoms with E-state index in [0.29, 0.717) is 29.8 Å². The molecule has 0 atom stereocenters. The third kappa shape index (κ3) is 4.37. The van der Waals surface area contributed by atoms with Crippen LogP contribution in [-0.4, -0.2) is 45.4 Å². The molecular weight excluding hydrogens is 373 g/mol. The Morgan fingerprint density at radius 2 is 2.04 bits per heavy atom. The van der Waals surface area contributed by atoms with E-state index in [0.717, 1.165) is 37.2 Å². The molecule has 0 radical (unpaired) electrons. The summed E-state index contributed by atoms with van der Waals surface area (Å²) in [5, 5.41) is 12.5. The predicted molar refractivity (Wildman–Crippen MR) is 105 cm³/mol. The Balaban J connectivity index is 0.00000243. The number of carbonyl (C=O) groups excluding carboxylic acids is 1. The first-order valence-corrected chi connectivity index (χ1v) is 9.14. The van der Waals surface area contributed by atoms with E-state index in [1.54, 1.807) is 4.90 Å². The lowest BCUT2D eigenvalue weighted by Gasteiger charge is -2.24. The van der Waals surface area contributed by atoms with Crippen LogP contribution in [0.4, 0.5) is 0 Å². The molecule has 0 bridgehead atoms. The Hall–Kier alpha value is -1.63. The number of piperidine rings is 1. The van der Waals surface area contributed by atoms with Crippen molar-refractivity contribution in [3.63, 3.8) is 0 Å². The van der Waals surface area contributed by atoms with E-state index in [4.69, 9.17) is 11.6 Å². The molecule has 1 saturated heterocycles. The Bertz CT molecular complexity index is 743. The fourth-order valence-corrected chi connectivity index (χ4v) is 3.44. The lowest BCUT2D eigenvalue weighted by Crippen LogP contribution is -2.32. The Labute approximate surface area is 165 Å². The van der Waals surface area contributed by atoms with Crippen molar-refractivity contribution in [2.24, 2.45) is 0 Å². The number of halogens is 2. The van der Waals surface area contributed by atoms with E-state index in [9.17, 15) is 4.79 Å². The second-order valence-electron chi connectivity index (χ2n) is 6.36. The van der Waals surface area contributed by atoms with Crippen molar-refractivity contribution in [3.05, 3.63) is 46.2 Å². The van der Waals surface area contributed by atoms with Gasteiger partial charge in [-0.1, -0.05) is 35.0 Å². The first-order valence-electron chi connectivity index (χ1n) is 8.77. The fourth-order valence-electron chi connectivity index (χ4n) is 3.25. The molecule has 1 aromatic heterocycles. The maximum atomic E-state index is 13.0. The van der Waals surface area contributed by atoms with E-state index in [2.05, 4.69) is 15.6 Å². The van der Waals surface area contributed by atoms with Gasteiger partial charge < -0.3 is 10.2 Å². The minimum Gasteiger partial charge on any atom is -0.333 e. The zero-order chi connectivity index (χ0) is 17.8. The maximum Gasteiger partial charge on any atom is 0.276 e.